The lowest BCUT2D eigenvalue weighted by Gasteiger charge is -2.16. The van der Waals surface area contributed by atoms with Crippen molar-refractivity contribution < 1.29 is 22.3 Å². The molecule has 0 spiro atoms. The number of carbonyl (C=O) groups is 1. The third-order valence-corrected chi connectivity index (χ3v) is 6.02. The normalized spacial score (nSPS) is 12.2. The maximum atomic E-state index is 13.9. The highest BCUT2D eigenvalue weighted by molar-refractivity contribution is 7.89. The van der Waals surface area contributed by atoms with Crippen LogP contribution in [0.4, 0.5) is 10.1 Å². The van der Waals surface area contributed by atoms with Crippen LogP contribution in [-0.2, 0) is 10.0 Å². The summed E-state index contributed by atoms with van der Waals surface area (Å²) in [4.78, 5) is 12.4. The van der Waals surface area contributed by atoms with Crippen LogP contribution in [0.2, 0.25) is 0 Å². The van der Waals surface area contributed by atoms with Crippen LogP contribution in [0.15, 0.2) is 77.7 Å². The number of ether oxygens (including phenoxy) is 1. The molecule has 0 fully saturated rings. The molecule has 0 saturated heterocycles. The Balaban J connectivity index is 1.88. The molecular formula is C22H21FN2O4S. The second-order valence-electron chi connectivity index (χ2n) is 6.55. The molecule has 0 unspecified atom stereocenters. The predicted octanol–water partition coefficient (Wildman–Crippen LogP) is 4.13. The van der Waals surface area contributed by atoms with Gasteiger partial charge in [-0.25, -0.2) is 17.5 Å². The summed E-state index contributed by atoms with van der Waals surface area (Å²) in [5.74, 6) is -1.16. The maximum absolute atomic E-state index is 13.9. The van der Waals surface area contributed by atoms with Crippen molar-refractivity contribution in [1.82, 2.24) is 4.72 Å². The molecule has 3 aromatic carbocycles. The smallest absolute Gasteiger partial charge is 0.258 e. The molecule has 1 amide bonds. The Morgan fingerprint density at radius 3 is 2.33 bits per heavy atom. The van der Waals surface area contributed by atoms with Crippen molar-refractivity contribution in [3.05, 3.63) is 89.7 Å². The van der Waals surface area contributed by atoms with Crippen molar-refractivity contribution in [3.63, 3.8) is 0 Å². The van der Waals surface area contributed by atoms with E-state index in [1.165, 1.54) is 49.6 Å². The maximum Gasteiger partial charge on any atom is 0.258 e. The molecule has 0 heterocycles. The first-order valence-corrected chi connectivity index (χ1v) is 10.6. The van der Waals surface area contributed by atoms with Gasteiger partial charge >= 0.3 is 0 Å². The molecule has 8 heteroatoms. The summed E-state index contributed by atoms with van der Waals surface area (Å²) < 4.78 is 47.4. The van der Waals surface area contributed by atoms with E-state index < -0.39 is 27.8 Å². The lowest BCUT2D eigenvalue weighted by Crippen LogP contribution is -2.27. The molecule has 0 saturated carbocycles. The molecule has 0 radical (unpaired) electrons. The van der Waals surface area contributed by atoms with Gasteiger partial charge in [-0.1, -0.05) is 42.5 Å². The number of hydrogen-bond donors (Lipinski definition) is 2. The minimum Gasteiger partial charge on any atom is -0.495 e. The van der Waals surface area contributed by atoms with Crippen LogP contribution >= 0.6 is 0 Å². The number of sulfonamides is 1. The van der Waals surface area contributed by atoms with Gasteiger partial charge in [-0.05, 0) is 42.8 Å². The van der Waals surface area contributed by atoms with Crippen LogP contribution in [0.3, 0.4) is 0 Å². The monoisotopic (exact) mass is 428 g/mol. The standard InChI is InChI=1S/C22H21FN2O4S/c1-15(16-8-4-3-5-9-16)25-30(27,28)17-12-13-21(29-2)20(14-17)24-22(26)18-10-6-7-11-19(18)23/h3-15,25H,1-2H3,(H,24,26)/t15-/m1/s1. The van der Waals surface area contributed by atoms with E-state index in [1.54, 1.807) is 6.92 Å². The number of anilines is 1. The van der Waals surface area contributed by atoms with Gasteiger partial charge in [-0.2, -0.15) is 0 Å². The molecular weight excluding hydrogens is 407 g/mol. The molecule has 6 nitrogen and oxygen atoms in total. The van der Waals surface area contributed by atoms with E-state index in [1.807, 2.05) is 30.3 Å². The van der Waals surface area contributed by atoms with E-state index in [4.69, 9.17) is 4.74 Å². The van der Waals surface area contributed by atoms with Gasteiger partial charge in [-0.3, -0.25) is 4.79 Å². The van der Waals surface area contributed by atoms with E-state index >= 15 is 0 Å². The number of halogens is 1. The third-order valence-electron chi connectivity index (χ3n) is 4.48. The number of methoxy groups -OCH3 is 1. The second-order valence-corrected chi connectivity index (χ2v) is 8.26. The quantitative estimate of drug-likeness (QED) is 0.593. The van der Waals surface area contributed by atoms with Crippen molar-refractivity contribution in [2.45, 2.75) is 17.9 Å². The van der Waals surface area contributed by atoms with E-state index in [0.29, 0.717) is 0 Å². The minimum absolute atomic E-state index is 0.0603. The molecule has 0 aromatic heterocycles. The summed E-state index contributed by atoms with van der Waals surface area (Å²) in [6.07, 6.45) is 0. The van der Waals surface area contributed by atoms with Crippen molar-refractivity contribution in [2.75, 3.05) is 12.4 Å². The highest BCUT2D eigenvalue weighted by atomic mass is 32.2. The largest absolute Gasteiger partial charge is 0.495 e. The van der Waals surface area contributed by atoms with E-state index in [0.717, 1.165) is 5.56 Å². The minimum atomic E-state index is -3.89. The molecule has 2 N–H and O–H groups in total. The average Bonchev–Trinajstić information content (AvgIpc) is 2.74. The second kappa shape index (κ2) is 9.06. The fraction of sp³-hybridized carbons (Fsp3) is 0.136. The predicted molar refractivity (Wildman–Crippen MR) is 113 cm³/mol. The first-order chi connectivity index (χ1) is 14.3. The zero-order chi connectivity index (χ0) is 21.7. The van der Waals surface area contributed by atoms with Gasteiger partial charge in [0.15, 0.2) is 0 Å². The number of carbonyl (C=O) groups excluding carboxylic acids is 1. The number of amides is 1. The third kappa shape index (κ3) is 4.84. The van der Waals surface area contributed by atoms with E-state index in [2.05, 4.69) is 10.0 Å². The van der Waals surface area contributed by atoms with E-state index in [-0.39, 0.29) is 21.9 Å². The Labute approximate surface area is 174 Å². The fourth-order valence-corrected chi connectivity index (χ4v) is 4.16. The van der Waals surface area contributed by atoms with Crippen LogP contribution in [0.1, 0.15) is 28.9 Å². The molecule has 0 bridgehead atoms. The SMILES string of the molecule is COc1ccc(S(=O)(=O)N[C@H](C)c2ccccc2)cc1NC(=O)c1ccccc1F. The van der Waals surface area contributed by atoms with Crippen LogP contribution in [-0.4, -0.2) is 21.4 Å². The molecule has 1 atom stereocenters. The summed E-state index contributed by atoms with van der Waals surface area (Å²) in [6.45, 7) is 1.73. The topological polar surface area (TPSA) is 84.5 Å². The molecule has 0 aliphatic rings. The first-order valence-electron chi connectivity index (χ1n) is 9.13. The Morgan fingerprint density at radius 1 is 1.00 bits per heavy atom. The number of rotatable bonds is 7. The molecule has 3 aromatic rings. The van der Waals surface area contributed by atoms with Gasteiger partial charge < -0.3 is 10.1 Å². The zero-order valence-corrected chi connectivity index (χ0v) is 17.2. The van der Waals surface area contributed by atoms with Crippen molar-refractivity contribution in [3.8, 4) is 5.75 Å². The Morgan fingerprint density at radius 2 is 1.67 bits per heavy atom. The molecule has 156 valence electrons. The van der Waals surface area contributed by atoms with Gasteiger partial charge in [-0.15, -0.1) is 0 Å². The summed E-state index contributed by atoms with van der Waals surface area (Å²) in [5.41, 5.74) is 0.757. The van der Waals surface area contributed by atoms with Crippen molar-refractivity contribution in [2.24, 2.45) is 0 Å². The van der Waals surface area contributed by atoms with Crippen molar-refractivity contribution >= 4 is 21.6 Å². The molecule has 0 aliphatic heterocycles. The summed E-state index contributed by atoms with van der Waals surface area (Å²) in [6, 6.07) is 18.3. The van der Waals surface area contributed by atoms with Crippen LogP contribution in [0, 0.1) is 5.82 Å². The van der Waals surface area contributed by atoms with Crippen LogP contribution in [0.25, 0.3) is 0 Å². The lowest BCUT2D eigenvalue weighted by molar-refractivity contribution is 0.102. The van der Waals surface area contributed by atoms with E-state index in [9.17, 15) is 17.6 Å². The van der Waals surface area contributed by atoms with Gasteiger partial charge in [0, 0.05) is 6.04 Å². The highest BCUT2D eigenvalue weighted by Crippen LogP contribution is 2.29. The van der Waals surface area contributed by atoms with Gasteiger partial charge in [0.2, 0.25) is 10.0 Å². The molecule has 30 heavy (non-hydrogen) atoms. The highest BCUT2D eigenvalue weighted by Gasteiger charge is 2.21. The number of benzene rings is 3. The zero-order valence-electron chi connectivity index (χ0n) is 16.4. The summed E-state index contributed by atoms with van der Waals surface area (Å²) in [5, 5.41) is 2.52. The summed E-state index contributed by atoms with van der Waals surface area (Å²) in [7, 11) is -2.51. The molecule has 3 rings (SSSR count). The fourth-order valence-electron chi connectivity index (χ4n) is 2.90. The Kier molecular flexibility index (Phi) is 6.49. The Bertz CT molecular complexity index is 1150. The van der Waals surface area contributed by atoms with Crippen LogP contribution < -0.4 is 14.8 Å². The summed E-state index contributed by atoms with van der Waals surface area (Å²) >= 11 is 0. The molecule has 0 aliphatic carbocycles. The van der Waals surface area contributed by atoms with Gasteiger partial charge in [0.25, 0.3) is 5.91 Å². The van der Waals surface area contributed by atoms with Crippen LogP contribution in [0.5, 0.6) is 5.75 Å². The first kappa shape index (κ1) is 21.5. The van der Waals surface area contributed by atoms with Gasteiger partial charge in [0.05, 0.1) is 23.3 Å². The number of nitrogens with one attached hydrogen (secondary N) is 2. The van der Waals surface area contributed by atoms with Crippen molar-refractivity contribution in [1.29, 1.82) is 0 Å². The van der Waals surface area contributed by atoms with Gasteiger partial charge in [0.1, 0.15) is 11.6 Å². The lowest BCUT2D eigenvalue weighted by atomic mass is 10.1. The number of hydrogen-bond acceptors (Lipinski definition) is 4. The Hall–Kier alpha value is -3.23. The average molecular weight is 428 g/mol.